The number of ether oxygens (including phenoxy) is 2. The fourth-order valence-electron chi connectivity index (χ4n) is 4.83. The van der Waals surface area contributed by atoms with Crippen LogP contribution < -0.4 is 10.6 Å². The fourth-order valence-corrected chi connectivity index (χ4v) is 4.83. The van der Waals surface area contributed by atoms with Gasteiger partial charge in [-0.2, -0.15) is 5.26 Å². The molecule has 0 saturated heterocycles. The molecule has 36 heavy (non-hydrogen) atoms. The third-order valence-corrected chi connectivity index (χ3v) is 6.74. The van der Waals surface area contributed by atoms with Crippen LogP contribution in [0.1, 0.15) is 94.7 Å². The molecular formula is C28H41N3O5. The van der Waals surface area contributed by atoms with Crippen LogP contribution in [0, 0.1) is 29.1 Å². The predicted octanol–water partition coefficient (Wildman–Crippen LogP) is 5.29. The number of urea groups is 1. The van der Waals surface area contributed by atoms with Gasteiger partial charge in [-0.1, -0.05) is 39.3 Å². The molecule has 1 aromatic carbocycles. The molecule has 1 fully saturated rings. The van der Waals surface area contributed by atoms with Crippen LogP contribution in [0.2, 0.25) is 0 Å². The number of hydrogen-bond donors (Lipinski definition) is 2. The zero-order chi connectivity index (χ0) is 26.5. The first-order chi connectivity index (χ1) is 17.2. The number of nitrogens with one attached hydrogen (secondary N) is 2. The monoisotopic (exact) mass is 499 g/mol. The summed E-state index contributed by atoms with van der Waals surface area (Å²) in [6.45, 7) is 9.10. The van der Waals surface area contributed by atoms with Crippen LogP contribution >= 0.6 is 0 Å². The van der Waals surface area contributed by atoms with Crippen LogP contribution in [0.3, 0.4) is 0 Å². The highest BCUT2D eigenvalue weighted by molar-refractivity contribution is 5.89. The smallest absolute Gasteiger partial charge is 0.338 e. The van der Waals surface area contributed by atoms with Crippen LogP contribution in [0.15, 0.2) is 24.3 Å². The van der Waals surface area contributed by atoms with E-state index in [9.17, 15) is 19.6 Å². The zero-order valence-electron chi connectivity index (χ0n) is 22.0. The first-order valence-corrected chi connectivity index (χ1v) is 13.2. The molecule has 0 bridgehead atoms. The second-order valence-corrected chi connectivity index (χ2v) is 9.97. The molecule has 2 amide bonds. The third kappa shape index (κ3) is 9.88. The van der Waals surface area contributed by atoms with E-state index in [2.05, 4.69) is 31.4 Å². The lowest BCUT2D eigenvalue weighted by atomic mass is 9.75. The summed E-state index contributed by atoms with van der Waals surface area (Å²) in [5.74, 6) is 0.988. The van der Waals surface area contributed by atoms with Crippen molar-refractivity contribution in [1.29, 1.82) is 5.26 Å². The van der Waals surface area contributed by atoms with Gasteiger partial charge in [-0.15, -0.1) is 0 Å². The van der Waals surface area contributed by atoms with E-state index in [1.54, 1.807) is 19.1 Å². The summed E-state index contributed by atoms with van der Waals surface area (Å²) in [5.41, 5.74) is 0.839. The third-order valence-electron chi connectivity index (χ3n) is 6.74. The number of nitrogens with zero attached hydrogens (tertiary/aromatic N) is 1. The van der Waals surface area contributed by atoms with Crippen LogP contribution in [0.25, 0.3) is 0 Å². The highest BCUT2D eigenvalue weighted by atomic mass is 16.5. The van der Waals surface area contributed by atoms with E-state index < -0.39 is 18.0 Å². The van der Waals surface area contributed by atoms with Crippen molar-refractivity contribution in [2.45, 2.75) is 84.8 Å². The molecule has 1 aromatic rings. The summed E-state index contributed by atoms with van der Waals surface area (Å²) in [7, 11) is 0. The van der Waals surface area contributed by atoms with E-state index >= 15 is 0 Å². The SMILES string of the molecule is CCOC(=O)c1ccc(C(C#N)OC(=O)CCCNC(=O)NC2CC(C)CC(CC(C)CC)C2)cc1. The Morgan fingerprint density at radius 2 is 1.86 bits per heavy atom. The van der Waals surface area contributed by atoms with E-state index in [0.29, 0.717) is 41.8 Å². The van der Waals surface area contributed by atoms with E-state index in [4.69, 9.17) is 9.47 Å². The maximum absolute atomic E-state index is 12.4. The minimum absolute atomic E-state index is 0.0802. The molecule has 198 valence electrons. The maximum Gasteiger partial charge on any atom is 0.338 e. The van der Waals surface area contributed by atoms with Gasteiger partial charge >= 0.3 is 18.0 Å². The summed E-state index contributed by atoms with van der Waals surface area (Å²) >= 11 is 0. The normalized spacial score (nSPS) is 20.9. The molecule has 5 atom stereocenters. The molecule has 0 heterocycles. The Kier molecular flexibility index (Phi) is 12.2. The number of hydrogen-bond acceptors (Lipinski definition) is 6. The molecule has 8 nitrogen and oxygen atoms in total. The summed E-state index contributed by atoms with van der Waals surface area (Å²) in [6, 6.07) is 8.14. The quantitative estimate of drug-likeness (QED) is 0.298. The van der Waals surface area contributed by atoms with Crippen molar-refractivity contribution in [3.05, 3.63) is 35.4 Å². The van der Waals surface area contributed by atoms with E-state index in [-0.39, 0.29) is 25.1 Å². The van der Waals surface area contributed by atoms with Crippen molar-refractivity contribution in [3.63, 3.8) is 0 Å². The largest absolute Gasteiger partial charge is 0.462 e. The Bertz CT molecular complexity index is 895. The average Bonchev–Trinajstić information content (AvgIpc) is 2.85. The summed E-state index contributed by atoms with van der Waals surface area (Å²) in [4.78, 5) is 36.3. The molecule has 8 heteroatoms. The molecule has 1 aliphatic rings. The lowest BCUT2D eigenvalue weighted by Crippen LogP contribution is -2.45. The minimum Gasteiger partial charge on any atom is -0.462 e. The predicted molar refractivity (Wildman–Crippen MR) is 137 cm³/mol. The molecule has 0 aliphatic heterocycles. The minimum atomic E-state index is -1.07. The van der Waals surface area contributed by atoms with Gasteiger partial charge in [-0.3, -0.25) is 4.79 Å². The molecule has 1 aliphatic carbocycles. The van der Waals surface area contributed by atoms with Gasteiger partial charge < -0.3 is 20.1 Å². The fraction of sp³-hybridized carbons (Fsp3) is 0.643. The second-order valence-electron chi connectivity index (χ2n) is 9.97. The Morgan fingerprint density at radius 1 is 1.14 bits per heavy atom. The highest BCUT2D eigenvalue weighted by Gasteiger charge is 2.28. The van der Waals surface area contributed by atoms with Crippen molar-refractivity contribution in [2.24, 2.45) is 17.8 Å². The zero-order valence-corrected chi connectivity index (χ0v) is 22.0. The van der Waals surface area contributed by atoms with Crippen LogP contribution in [0.4, 0.5) is 4.79 Å². The van der Waals surface area contributed by atoms with Crippen molar-refractivity contribution in [1.82, 2.24) is 10.6 Å². The van der Waals surface area contributed by atoms with Gasteiger partial charge in [0.2, 0.25) is 6.10 Å². The Hall–Kier alpha value is -3.08. The van der Waals surface area contributed by atoms with Gasteiger partial charge in [-0.25, -0.2) is 9.59 Å². The average molecular weight is 500 g/mol. The molecular weight excluding hydrogens is 458 g/mol. The lowest BCUT2D eigenvalue weighted by molar-refractivity contribution is -0.147. The topological polar surface area (TPSA) is 118 Å². The standard InChI is InChI=1S/C28H41N3O5/c1-5-19(3)14-21-15-20(4)16-24(17-21)31-28(34)30-13-7-8-26(32)36-25(18-29)22-9-11-23(12-10-22)27(33)35-6-2/h9-12,19-21,24-25H,5-8,13-17H2,1-4H3,(H2,30,31,34). The Labute approximate surface area is 215 Å². The van der Waals surface area contributed by atoms with Crippen LogP contribution in [-0.2, 0) is 14.3 Å². The number of amides is 2. The molecule has 5 unspecified atom stereocenters. The molecule has 2 N–H and O–H groups in total. The summed E-state index contributed by atoms with van der Waals surface area (Å²) in [6.07, 6.45) is 5.05. The molecule has 0 spiro atoms. The number of rotatable bonds is 12. The second kappa shape index (κ2) is 15.1. The van der Waals surface area contributed by atoms with Crippen molar-refractivity contribution >= 4 is 18.0 Å². The maximum atomic E-state index is 12.4. The Morgan fingerprint density at radius 3 is 2.50 bits per heavy atom. The number of carbonyl (C=O) groups excluding carboxylic acids is 3. The van der Waals surface area contributed by atoms with Crippen LogP contribution in [0.5, 0.6) is 0 Å². The lowest BCUT2D eigenvalue weighted by Gasteiger charge is -2.35. The van der Waals surface area contributed by atoms with Gasteiger partial charge in [0.25, 0.3) is 0 Å². The summed E-state index contributed by atoms with van der Waals surface area (Å²) < 4.78 is 10.2. The number of carbonyl (C=O) groups is 3. The Balaban J connectivity index is 1.71. The van der Waals surface area contributed by atoms with Crippen molar-refractivity contribution < 1.29 is 23.9 Å². The summed E-state index contributed by atoms with van der Waals surface area (Å²) in [5, 5.41) is 15.3. The molecule has 0 aromatic heterocycles. The molecule has 2 rings (SSSR count). The van der Waals surface area contributed by atoms with Gasteiger partial charge in [0.05, 0.1) is 12.2 Å². The first-order valence-electron chi connectivity index (χ1n) is 13.2. The van der Waals surface area contributed by atoms with Crippen LogP contribution in [-0.4, -0.2) is 37.2 Å². The number of nitriles is 1. The van der Waals surface area contributed by atoms with E-state index in [1.807, 2.05) is 6.07 Å². The number of benzene rings is 1. The molecule has 0 radical (unpaired) electrons. The highest BCUT2D eigenvalue weighted by Crippen LogP contribution is 2.33. The van der Waals surface area contributed by atoms with Gasteiger partial charge in [0.1, 0.15) is 6.07 Å². The first kappa shape index (κ1) is 29.2. The van der Waals surface area contributed by atoms with Gasteiger partial charge in [0.15, 0.2) is 0 Å². The van der Waals surface area contributed by atoms with Crippen molar-refractivity contribution in [2.75, 3.05) is 13.2 Å². The van der Waals surface area contributed by atoms with E-state index in [0.717, 1.165) is 12.8 Å². The van der Waals surface area contributed by atoms with E-state index in [1.165, 1.54) is 31.4 Å². The molecule has 1 saturated carbocycles. The number of esters is 2. The van der Waals surface area contributed by atoms with Gasteiger partial charge in [-0.05, 0) is 68.9 Å². The van der Waals surface area contributed by atoms with Crippen molar-refractivity contribution in [3.8, 4) is 6.07 Å². The van der Waals surface area contributed by atoms with Gasteiger partial charge in [0, 0.05) is 24.6 Å².